The van der Waals surface area contributed by atoms with E-state index in [0.717, 1.165) is 13.0 Å². The Morgan fingerprint density at radius 2 is 2.06 bits per heavy atom. The average molecular weight is 229 g/mol. The van der Waals surface area contributed by atoms with E-state index in [1.165, 1.54) is 11.1 Å². The van der Waals surface area contributed by atoms with Crippen molar-refractivity contribution in [1.29, 1.82) is 0 Å². The predicted octanol–water partition coefficient (Wildman–Crippen LogP) is 2.41. The highest BCUT2D eigenvalue weighted by Gasteiger charge is 2.10. The van der Waals surface area contributed by atoms with E-state index < -0.39 is 0 Å². The molecule has 17 heavy (non-hydrogen) atoms. The fourth-order valence-corrected chi connectivity index (χ4v) is 1.99. The lowest BCUT2D eigenvalue weighted by molar-refractivity contribution is 0.591. The van der Waals surface area contributed by atoms with Crippen LogP contribution in [0.25, 0.3) is 0 Å². The van der Waals surface area contributed by atoms with Crippen molar-refractivity contribution >= 4 is 0 Å². The van der Waals surface area contributed by atoms with Gasteiger partial charge in [-0.2, -0.15) is 5.10 Å². The summed E-state index contributed by atoms with van der Waals surface area (Å²) in [6, 6.07) is 10.9. The molecule has 1 atom stereocenters. The lowest BCUT2D eigenvalue weighted by Crippen LogP contribution is -2.18. The molecule has 3 heteroatoms. The molecule has 2 aromatic rings. The van der Waals surface area contributed by atoms with Crippen molar-refractivity contribution in [2.75, 3.05) is 7.05 Å². The predicted molar refractivity (Wildman–Crippen MR) is 69.8 cm³/mol. The summed E-state index contributed by atoms with van der Waals surface area (Å²) >= 11 is 0. The smallest absolute Gasteiger partial charge is 0.0522 e. The van der Waals surface area contributed by atoms with E-state index in [2.05, 4.69) is 47.8 Å². The van der Waals surface area contributed by atoms with Gasteiger partial charge in [-0.15, -0.1) is 0 Å². The van der Waals surface area contributed by atoms with Crippen LogP contribution < -0.4 is 5.32 Å². The minimum atomic E-state index is 0.353. The molecule has 90 valence electrons. The van der Waals surface area contributed by atoms with E-state index in [-0.39, 0.29) is 0 Å². The summed E-state index contributed by atoms with van der Waals surface area (Å²) in [6.45, 7) is 3.03. The lowest BCUT2D eigenvalue weighted by Gasteiger charge is -2.15. The molecular formula is C14H19N3. The quantitative estimate of drug-likeness (QED) is 0.853. The highest BCUT2D eigenvalue weighted by atomic mass is 15.3. The molecule has 0 fully saturated rings. The topological polar surface area (TPSA) is 29.9 Å². The second kappa shape index (κ2) is 5.64. The second-order valence-corrected chi connectivity index (χ2v) is 4.16. The van der Waals surface area contributed by atoms with Crippen LogP contribution in [0, 0.1) is 0 Å². The molecule has 2 rings (SSSR count). The number of nitrogens with zero attached hydrogens (tertiary/aromatic N) is 2. The number of aromatic nitrogens is 2. The summed E-state index contributed by atoms with van der Waals surface area (Å²) in [5.74, 6) is 0. The van der Waals surface area contributed by atoms with Crippen LogP contribution in [0.2, 0.25) is 0 Å². The molecule has 0 aliphatic carbocycles. The van der Waals surface area contributed by atoms with E-state index >= 15 is 0 Å². The molecule has 0 saturated carbocycles. The first-order valence-electron chi connectivity index (χ1n) is 6.07. The van der Waals surface area contributed by atoms with Crippen molar-refractivity contribution < 1.29 is 0 Å². The Kier molecular flexibility index (Phi) is 3.94. The molecule has 3 nitrogen and oxygen atoms in total. The van der Waals surface area contributed by atoms with Gasteiger partial charge in [0.2, 0.25) is 0 Å². The molecule has 0 radical (unpaired) electrons. The summed E-state index contributed by atoms with van der Waals surface area (Å²) in [5.41, 5.74) is 2.59. The minimum absolute atomic E-state index is 0.353. The van der Waals surface area contributed by atoms with Gasteiger partial charge in [-0.25, -0.2) is 0 Å². The van der Waals surface area contributed by atoms with Crippen molar-refractivity contribution in [1.82, 2.24) is 15.1 Å². The standard InChI is InChI=1S/C14H19N3/c1-3-17-11-12(10-16-17)9-14(15-2)13-7-5-4-6-8-13/h4-8,10-11,14-15H,3,9H2,1-2H3. The van der Waals surface area contributed by atoms with E-state index in [4.69, 9.17) is 0 Å². The molecule has 1 aromatic carbocycles. The van der Waals surface area contributed by atoms with E-state index in [0.29, 0.717) is 6.04 Å². The van der Waals surface area contributed by atoms with E-state index in [1.807, 2.05) is 24.0 Å². The zero-order chi connectivity index (χ0) is 12.1. The molecule has 1 heterocycles. The van der Waals surface area contributed by atoms with Crippen LogP contribution in [-0.4, -0.2) is 16.8 Å². The Hall–Kier alpha value is -1.61. The normalized spacial score (nSPS) is 12.6. The third-order valence-corrected chi connectivity index (χ3v) is 3.00. The van der Waals surface area contributed by atoms with Crippen LogP contribution in [-0.2, 0) is 13.0 Å². The number of nitrogens with one attached hydrogen (secondary N) is 1. The van der Waals surface area contributed by atoms with Gasteiger partial charge in [0.05, 0.1) is 6.20 Å². The molecule has 1 unspecified atom stereocenters. The van der Waals surface area contributed by atoms with Gasteiger partial charge in [-0.1, -0.05) is 30.3 Å². The highest BCUT2D eigenvalue weighted by molar-refractivity contribution is 5.21. The Bertz CT molecular complexity index is 448. The van der Waals surface area contributed by atoms with Crippen molar-refractivity contribution in [2.45, 2.75) is 25.9 Å². The number of hydrogen-bond acceptors (Lipinski definition) is 2. The van der Waals surface area contributed by atoms with Crippen molar-refractivity contribution in [3.05, 3.63) is 53.9 Å². The number of benzene rings is 1. The van der Waals surface area contributed by atoms with Gasteiger partial charge in [0.15, 0.2) is 0 Å². The van der Waals surface area contributed by atoms with Gasteiger partial charge in [0, 0.05) is 18.8 Å². The number of rotatable bonds is 5. The van der Waals surface area contributed by atoms with Crippen LogP contribution >= 0.6 is 0 Å². The maximum Gasteiger partial charge on any atom is 0.0522 e. The second-order valence-electron chi connectivity index (χ2n) is 4.16. The molecule has 0 aliphatic heterocycles. The van der Waals surface area contributed by atoms with Gasteiger partial charge in [-0.05, 0) is 31.5 Å². The summed E-state index contributed by atoms with van der Waals surface area (Å²) in [6.07, 6.45) is 5.05. The van der Waals surface area contributed by atoms with Crippen LogP contribution in [0.1, 0.15) is 24.1 Å². The van der Waals surface area contributed by atoms with Crippen LogP contribution in [0.3, 0.4) is 0 Å². The van der Waals surface area contributed by atoms with Crippen molar-refractivity contribution in [3.63, 3.8) is 0 Å². The maximum atomic E-state index is 4.30. The van der Waals surface area contributed by atoms with Crippen LogP contribution in [0.15, 0.2) is 42.7 Å². The van der Waals surface area contributed by atoms with Crippen LogP contribution in [0.4, 0.5) is 0 Å². The zero-order valence-corrected chi connectivity index (χ0v) is 10.4. The maximum absolute atomic E-state index is 4.30. The Morgan fingerprint density at radius 3 is 2.65 bits per heavy atom. The summed E-state index contributed by atoms with van der Waals surface area (Å²) < 4.78 is 1.97. The Balaban J connectivity index is 2.10. The van der Waals surface area contributed by atoms with Crippen molar-refractivity contribution in [3.8, 4) is 0 Å². The SMILES string of the molecule is CCn1cc(CC(NC)c2ccccc2)cn1. The molecule has 1 aromatic heterocycles. The number of aryl methyl sites for hydroxylation is 1. The number of hydrogen-bond donors (Lipinski definition) is 1. The molecule has 0 saturated heterocycles. The Morgan fingerprint density at radius 1 is 1.29 bits per heavy atom. The van der Waals surface area contributed by atoms with Gasteiger partial charge >= 0.3 is 0 Å². The summed E-state index contributed by atoms with van der Waals surface area (Å²) in [4.78, 5) is 0. The molecule has 0 amide bonds. The molecule has 1 N–H and O–H groups in total. The highest BCUT2D eigenvalue weighted by Crippen LogP contribution is 2.17. The molecule has 0 bridgehead atoms. The fourth-order valence-electron chi connectivity index (χ4n) is 1.99. The molecule has 0 aliphatic rings. The first-order valence-corrected chi connectivity index (χ1v) is 6.07. The summed E-state index contributed by atoms with van der Waals surface area (Å²) in [7, 11) is 2.00. The van der Waals surface area contributed by atoms with Crippen molar-refractivity contribution in [2.24, 2.45) is 0 Å². The summed E-state index contributed by atoms with van der Waals surface area (Å²) in [5, 5.41) is 7.66. The lowest BCUT2D eigenvalue weighted by atomic mass is 10.0. The van der Waals surface area contributed by atoms with E-state index in [1.54, 1.807) is 0 Å². The van der Waals surface area contributed by atoms with Gasteiger partial charge in [0.25, 0.3) is 0 Å². The third-order valence-electron chi connectivity index (χ3n) is 3.00. The van der Waals surface area contributed by atoms with E-state index in [9.17, 15) is 0 Å². The zero-order valence-electron chi connectivity index (χ0n) is 10.4. The monoisotopic (exact) mass is 229 g/mol. The first kappa shape index (κ1) is 11.9. The molecular weight excluding hydrogens is 210 g/mol. The van der Waals surface area contributed by atoms with Gasteiger partial charge < -0.3 is 5.32 Å². The third kappa shape index (κ3) is 2.94. The largest absolute Gasteiger partial charge is 0.313 e. The first-order chi connectivity index (χ1) is 8.33. The molecule has 0 spiro atoms. The Labute approximate surface area is 102 Å². The van der Waals surface area contributed by atoms with Gasteiger partial charge in [0.1, 0.15) is 0 Å². The minimum Gasteiger partial charge on any atom is -0.313 e. The average Bonchev–Trinajstić information content (AvgIpc) is 2.84. The van der Waals surface area contributed by atoms with Gasteiger partial charge in [-0.3, -0.25) is 4.68 Å². The fraction of sp³-hybridized carbons (Fsp3) is 0.357. The van der Waals surface area contributed by atoms with Crippen LogP contribution in [0.5, 0.6) is 0 Å². The number of likely N-dealkylation sites (N-methyl/N-ethyl adjacent to an activating group) is 1.